The average Bonchev–Trinajstić information content (AvgIpc) is 2.37. The van der Waals surface area contributed by atoms with E-state index in [2.05, 4.69) is 5.32 Å². The summed E-state index contributed by atoms with van der Waals surface area (Å²) in [4.78, 5) is 0. The molecule has 1 spiro atoms. The number of benzene rings is 1. The molecule has 2 aliphatic rings. The summed E-state index contributed by atoms with van der Waals surface area (Å²) >= 11 is 0. The molecular formula is C16H22FN. The highest BCUT2D eigenvalue weighted by Gasteiger charge is 2.46. The van der Waals surface area contributed by atoms with Crippen LogP contribution in [0.2, 0.25) is 0 Å². The number of hydrogen-bond acceptors (Lipinski definition) is 1. The van der Waals surface area contributed by atoms with E-state index in [1.807, 2.05) is 19.1 Å². The Kier molecular flexibility index (Phi) is 3.04. The highest BCUT2D eigenvalue weighted by atomic mass is 19.1. The van der Waals surface area contributed by atoms with Crippen LogP contribution in [0.1, 0.15) is 50.5 Å². The molecule has 3 rings (SSSR count). The molecule has 0 aliphatic heterocycles. The lowest BCUT2D eigenvalue weighted by Gasteiger charge is -2.52. The van der Waals surface area contributed by atoms with Crippen LogP contribution in [0.15, 0.2) is 18.2 Å². The first-order valence-corrected chi connectivity index (χ1v) is 7.22. The van der Waals surface area contributed by atoms with Crippen LogP contribution in [-0.2, 0) is 0 Å². The third kappa shape index (κ3) is 2.02. The van der Waals surface area contributed by atoms with Crippen molar-refractivity contribution in [3.63, 3.8) is 0 Å². The Bertz CT molecular complexity index is 435. The number of aryl methyl sites for hydroxylation is 1. The molecule has 0 aromatic heterocycles. The van der Waals surface area contributed by atoms with Crippen LogP contribution in [0.5, 0.6) is 0 Å². The Morgan fingerprint density at radius 2 is 1.94 bits per heavy atom. The standard InChI is InChI=1S/C16H22FN/c1-12-5-6-14(13(17)11-12)18-15-7-10-16(15)8-3-2-4-9-16/h5-6,11,15,18H,2-4,7-10H2,1H3. The third-order valence-corrected chi connectivity index (χ3v) is 4.97. The fourth-order valence-electron chi connectivity index (χ4n) is 3.70. The normalized spacial score (nSPS) is 25.8. The van der Waals surface area contributed by atoms with E-state index in [0.717, 1.165) is 5.56 Å². The molecule has 2 fully saturated rings. The summed E-state index contributed by atoms with van der Waals surface area (Å²) in [5, 5.41) is 3.46. The molecule has 2 saturated carbocycles. The summed E-state index contributed by atoms with van der Waals surface area (Å²) < 4.78 is 13.9. The molecule has 1 atom stereocenters. The molecule has 2 aliphatic carbocycles. The molecule has 1 N–H and O–H groups in total. The molecule has 0 bridgehead atoms. The minimum Gasteiger partial charge on any atom is -0.379 e. The van der Waals surface area contributed by atoms with Crippen molar-refractivity contribution >= 4 is 5.69 Å². The maximum absolute atomic E-state index is 13.9. The van der Waals surface area contributed by atoms with Gasteiger partial charge in [-0.1, -0.05) is 25.3 Å². The van der Waals surface area contributed by atoms with E-state index in [0.29, 0.717) is 17.1 Å². The van der Waals surface area contributed by atoms with E-state index in [1.54, 1.807) is 6.07 Å². The van der Waals surface area contributed by atoms with Crippen molar-refractivity contribution in [3.8, 4) is 0 Å². The Morgan fingerprint density at radius 3 is 2.56 bits per heavy atom. The summed E-state index contributed by atoms with van der Waals surface area (Å²) in [6.07, 6.45) is 9.29. The van der Waals surface area contributed by atoms with Crippen molar-refractivity contribution in [2.24, 2.45) is 5.41 Å². The molecule has 2 heteroatoms. The minimum absolute atomic E-state index is 0.104. The molecule has 1 unspecified atom stereocenters. The van der Waals surface area contributed by atoms with Crippen LogP contribution < -0.4 is 5.32 Å². The van der Waals surface area contributed by atoms with Crippen molar-refractivity contribution in [1.82, 2.24) is 0 Å². The molecule has 18 heavy (non-hydrogen) atoms. The zero-order valence-electron chi connectivity index (χ0n) is 11.1. The highest BCUT2D eigenvalue weighted by molar-refractivity contribution is 5.48. The van der Waals surface area contributed by atoms with Gasteiger partial charge in [0.2, 0.25) is 0 Å². The molecule has 1 nitrogen and oxygen atoms in total. The molecule has 98 valence electrons. The maximum Gasteiger partial charge on any atom is 0.146 e. The van der Waals surface area contributed by atoms with Gasteiger partial charge in [0.1, 0.15) is 5.82 Å². The monoisotopic (exact) mass is 247 g/mol. The van der Waals surface area contributed by atoms with E-state index in [-0.39, 0.29) is 5.82 Å². The van der Waals surface area contributed by atoms with Gasteiger partial charge in [0.25, 0.3) is 0 Å². The van der Waals surface area contributed by atoms with Gasteiger partial charge in [-0.25, -0.2) is 4.39 Å². The molecular weight excluding hydrogens is 225 g/mol. The second kappa shape index (κ2) is 4.56. The van der Waals surface area contributed by atoms with Crippen LogP contribution >= 0.6 is 0 Å². The van der Waals surface area contributed by atoms with E-state index >= 15 is 0 Å². The number of nitrogens with one attached hydrogen (secondary N) is 1. The first kappa shape index (κ1) is 12.0. The Balaban J connectivity index is 1.72. The molecule has 0 saturated heterocycles. The predicted molar refractivity (Wildman–Crippen MR) is 73.3 cm³/mol. The molecule has 0 amide bonds. The zero-order chi connectivity index (χ0) is 12.6. The summed E-state index contributed by atoms with van der Waals surface area (Å²) in [5.41, 5.74) is 2.16. The fourth-order valence-corrected chi connectivity index (χ4v) is 3.70. The van der Waals surface area contributed by atoms with Crippen molar-refractivity contribution in [3.05, 3.63) is 29.6 Å². The molecule has 1 aromatic rings. The second-order valence-electron chi connectivity index (χ2n) is 6.14. The van der Waals surface area contributed by atoms with Crippen molar-refractivity contribution in [2.75, 3.05) is 5.32 Å². The van der Waals surface area contributed by atoms with Crippen LogP contribution in [0.25, 0.3) is 0 Å². The van der Waals surface area contributed by atoms with E-state index in [4.69, 9.17) is 0 Å². The smallest absolute Gasteiger partial charge is 0.146 e. The van der Waals surface area contributed by atoms with Crippen LogP contribution in [0, 0.1) is 18.2 Å². The predicted octanol–water partition coefficient (Wildman–Crippen LogP) is 4.66. The Hall–Kier alpha value is -1.05. The lowest BCUT2D eigenvalue weighted by atomic mass is 9.57. The zero-order valence-corrected chi connectivity index (χ0v) is 11.1. The average molecular weight is 247 g/mol. The first-order chi connectivity index (χ1) is 8.70. The third-order valence-electron chi connectivity index (χ3n) is 4.97. The SMILES string of the molecule is Cc1ccc(NC2CCC23CCCCC3)c(F)c1. The van der Waals surface area contributed by atoms with E-state index in [9.17, 15) is 4.39 Å². The van der Waals surface area contributed by atoms with Crippen LogP contribution in [0.3, 0.4) is 0 Å². The number of anilines is 1. The van der Waals surface area contributed by atoms with Crippen molar-refractivity contribution in [2.45, 2.75) is 57.9 Å². The first-order valence-electron chi connectivity index (χ1n) is 7.22. The van der Waals surface area contributed by atoms with Gasteiger partial charge in [-0.05, 0) is 55.7 Å². The largest absolute Gasteiger partial charge is 0.379 e. The fraction of sp³-hybridized carbons (Fsp3) is 0.625. The van der Waals surface area contributed by atoms with Crippen molar-refractivity contribution in [1.29, 1.82) is 0 Å². The van der Waals surface area contributed by atoms with Gasteiger partial charge in [0.15, 0.2) is 0 Å². The molecule has 0 radical (unpaired) electrons. The quantitative estimate of drug-likeness (QED) is 0.801. The summed E-state index contributed by atoms with van der Waals surface area (Å²) in [7, 11) is 0. The summed E-state index contributed by atoms with van der Waals surface area (Å²) in [6, 6.07) is 5.99. The van der Waals surface area contributed by atoms with Crippen LogP contribution in [-0.4, -0.2) is 6.04 Å². The Morgan fingerprint density at radius 1 is 1.17 bits per heavy atom. The lowest BCUT2D eigenvalue weighted by Crippen LogP contribution is -2.50. The minimum atomic E-state index is -0.104. The van der Waals surface area contributed by atoms with Gasteiger partial charge >= 0.3 is 0 Å². The summed E-state index contributed by atoms with van der Waals surface area (Å²) in [5.74, 6) is -0.104. The van der Waals surface area contributed by atoms with Gasteiger partial charge in [-0.3, -0.25) is 0 Å². The van der Waals surface area contributed by atoms with Gasteiger partial charge < -0.3 is 5.32 Å². The topological polar surface area (TPSA) is 12.0 Å². The van der Waals surface area contributed by atoms with Gasteiger partial charge in [-0.2, -0.15) is 0 Å². The Labute approximate surface area is 109 Å². The van der Waals surface area contributed by atoms with Crippen molar-refractivity contribution < 1.29 is 4.39 Å². The van der Waals surface area contributed by atoms with Gasteiger partial charge in [0.05, 0.1) is 5.69 Å². The second-order valence-corrected chi connectivity index (χ2v) is 6.14. The maximum atomic E-state index is 13.9. The number of hydrogen-bond donors (Lipinski definition) is 1. The number of rotatable bonds is 2. The van der Waals surface area contributed by atoms with Crippen LogP contribution in [0.4, 0.5) is 10.1 Å². The highest BCUT2D eigenvalue weighted by Crippen LogP contribution is 2.52. The lowest BCUT2D eigenvalue weighted by molar-refractivity contribution is 0.0569. The summed E-state index contributed by atoms with van der Waals surface area (Å²) in [6.45, 7) is 1.93. The number of halogens is 1. The van der Waals surface area contributed by atoms with E-state index in [1.165, 1.54) is 44.9 Å². The van der Waals surface area contributed by atoms with E-state index < -0.39 is 0 Å². The molecule has 0 heterocycles. The van der Waals surface area contributed by atoms with Gasteiger partial charge in [-0.15, -0.1) is 0 Å². The molecule has 1 aromatic carbocycles. The van der Waals surface area contributed by atoms with Gasteiger partial charge in [0, 0.05) is 6.04 Å².